The Morgan fingerprint density at radius 2 is 2.13 bits per heavy atom. The third-order valence-corrected chi connectivity index (χ3v) is 3.11. The summed E-state index contributed by atoms with van der Waals surface area (Å²) in [7, 11) is 0. The Balaban J connectivity index is 2.12. The molecule has 2 atom stereocenters. The third-order valence-electron chi connectivity index (χ3n) is 3.11. The fourth-order valence-electron chi connectivity index (χ4n) is 2.01. The topological polar surface area (TPSA) is 21.3 Å². The second-order valence-electron chi connectivity index (χ2n) is 4.43. The van der Waals surface area contributed by atoms with Crippen LogP contribution in [0.5, 0.6) is 0 Å². The van der Waals surface area contributed by atoms with Gasteiger partial charge in [0.05, 0.1) is 12.1 Å². The minimum atomic E-state index is 0.324. The Labute approximate surface area is 91.6 Å². The van der Waals surface area contributed by atoms with Gasteiger partial charge in [0.25, 0.3) is 0 Å². The summed E-state index contributed by atoms with van der Waals surface area (Å²) in [6.07, 6.45) is 1.43. The lowest BCUT2D eigenvalue weighted by molar-refractivity contribution is 0.121. The molecule has 2 nitrogen and oxygen atoms in total. The van der Waals surface area contributed by atoms with Crippen molar-refractivity contribution in [3.8, 4) is 0 Å². The summed E-state index contributed by atoms with van der Waals surface area (Å²) in [5, 5.41) is 3.57. The number of aryl methyl sites for hydroxylation is 2. The molecule has 0 unspecified atom stereocenters. The van der Waals surface area contributed by atoms with Gasteiger partial charge in [-0.15, -0.1) is 0 Å². The van der Waals surface area contributed by atoms with Crippen LogP contribution in [0.3, 0.4) is 0 Å². The number of rotatable bonds is 2. The molecule has 0 aliphatic carbocycles. The van der Waals surface area contributed by atoms with Crippen LogP contribution in [0.4, 0.5) is 5.69 Å². The van der Waals surface area contributed by atoms with Crippen molar-refractivity contribution in [2.24, 2.45) is 0 Å². The van der Waals surface area contributed by atoms with E-state index in [0.717, 1.165) is 13.0 Å². The summed E-state index contributed by atoms with van der Waals surface area (Å²) in [5.74, 6) is 0. The predicted octanol–water partition coefficient (Wildman–Crippen LogP) is 2.89. The molecule has 0 spiro atoms. The fraction of sp³-hybridized carbons (Fsp3) is 0.538. The first-order chi connectivity index (χ1) is 7.16. The summed E-state index contributed by atoms with van der Waals surface area (Å²) in [5.41, 5.74) is 3.85. The van der Waals surface area contributed by atoms with Gasteiger partial charge in [0.15, 0.2) is 0 Å². The number of hydrogen-bond donors (Lipinski definition) is 1. The van der Waals surface area contributed by atoms with E-state index in [1.165, 1.54) is 16.8 Å². The van der Waals surface area contributed by atoms with E-state index in [1.54, 1.807) is 0 Å². The molecule has 1 aliphatic rings. The van der Waals surface area contributed by atoms with E-state index in [0.29, 0.717) is 12.1 Å². The second kappa shape index (κ2) is 4.23. The molecule has 2 heteroatoms. The zero-order valence-corrected chi connectivity index (χ0v) is 9.71. The minimum absolute atomic E-state index is 0.324. The molecule has 1 heterocycles. The van der Waals surface area contributed by atoms with Gasteiger partial charge in [0, 0.05) is 12.3 Å². The van der Waals surface area contributed by atoms with E-state index in [-0.39, 0.29) is 0 Å². The van der Waals surface area contributed by atoms with Crippen LogP contribution in [0.25, 0.3) is 0 Å². The van der Waals surface area contributed by atoms with E-state index in [2.05, 4.69) is 44.3 Å². The highest BCUT2D eigenvalue weighted by atomic mass is 16.5. The van der Waals surface area contributed by atoms with Gasteiger partial charge in [0.1, 0.15) is 0 Å². The Morgan fingerprint density at radius 1 is 1.33 bits per heavy atom. The maximum atomic E-state index is 5.55. The molecule has 1 aromatic rings. The average Bonchev–Trinajstić information content (AvgIpc) is 2.58. The van der Waals surface area contributed by atoms with Crippen LogP contribution in [-0.2, 0) is 4.74 Å². The first-order valence-corrected chi connectivity index (χ1v) is 5.62. The molecular weight excluding hydrogens is 186 g/mol. The molecule has 0 radical (unpaired) electrons. The monoisotopic (exact) mass is 205 g/mol. The predicted molar refractivity (Wildman–Crippen MR) is 63.4 cm³/mol. The number of ether oxygens (including phenoxy) is 1. The summed E-state index contributed by atoms with van der Waals surface area (Å²) in [6.45, 7) is 7.28. The van der Waals surface area contributed by atoms with Crippen LogP contribution in [0.2, 0.25) is 0 Å². The van der Waals surface area contributed by atoms with Crippen LogP contribution < -0.4 is 5.32 Å². The van der Waals surface area contributed by atoms with Gasteiger partial charge in [-0.2, -0.15) is 0 Å². The molecule has 0 bridgehead atoms. The van der Waals surface area contributed by atoms with Crippen molar-refractivity contribution in [1.82, 2.24) is 0 Å². The normalized spacial score (nSPS) is 25.5. The van der Waals surface area contributed by atoms with Gasteiger partial charge in [-0.05, 0) is 44.4 Å². The lowest BCUT2D eigenvalue weighted by Crippen LogP contribution is -2.27. The highest BCUT2D eigenvalue weighted by Crippen LogP contribution is 2.22. The van der Waals surface area contributed by atoms with Gasteiger partial charge < -0.3 is 10.1 Å². The summed E-state index contributed by atoms with van der Waals surface area (Å²) >= 11 is 0. The molecule has 0 amide bonds. The molecule has 1 aliphatic heterocycles. The van der Waals surface area contributed by atoms with Crippen molar-refractivity contribution in [1.29, 1.82) is 0 Å². The summed E-state index contributed by atoms with van der Waals surface area (Å²) in [4.78, 5) is 0. The lowest BCUT2D eigenvalue weighted by Gasteiger charge is -2.19. The Hall–Kier alpha value is -1.02. The largest absolute Gasteiger partial charge is 0.379 e. The first kappa shape index (κ1) is 10.5. The zero-order chi connectivity index (χ0) is 10.8. The van der Waals surface area contributed by atoms with Crippen LogP contribution in [0.1, 0.15) is 24.5 Å². The highest BCUT2D eigenvalue weighted by molar-refractivity contribution is 5.53. The molecular formula is C13H19NO. The first-order valence-electron chi connectivity index (χ1n) is 5.62. The Bertz CT molecular complexity index is 348. The zero-order valence-electron chi connectivity index (χ0n) is 9.71. The maximum Gasteiger partial charge on any atom is 0.0748 e. The van der Waals surface area contributed by atoms with Crippen molar-refractivity contribution in [2.45, 2.75) is 39.3 Å². The van der Waals surface area contributed by atoms with Gasteiger partial charge in [0.2, 0.25) is 0 Å². The minimum Gasteiger partial charge on any atom is -0.379 e. The molecule has 1 fully saturated rings. The summed E-state index contributed by atoms with van der Waals surface area (Å²) < 4.78 is 5.55. The van der Waals surface area contributed by atoms with Crippen molar-refractivity contribution in [3.63, 3.8) is 0 Å². The van der Waals surface area contributed by atoms with Crippen LogP contribution in [0.15, 0.2) is 18.2 Å². The fourth-order valence-corrected chi connectivity index (χ4v) is 2.01. The molecule has 1 aromatic carbocycles. The number of anilines is 1. The highest BCUT2D eigenvalue weighted by Gasteiger charge is 2.24. The van der Waals surface area contributed by atoms with E-state index >= 15 is 0 Å². The molecule has 0 saturated carbocycles. The van der Waals surface area contributed by atoms with E-state index in [4.69, 9.17) is 4.74 Å². The van der Waals surface area contributed by atoms with Gasteiger partial charge in [-0.3, -0.25) is 0 Å². The maximum absolute atomic E-state index is 5.55. The van der Waals surface area contributed by atoms with Crippen molar-refractivity contribution < 1.29 is 4.74 Å². The number of nitrogens with one attached hydrogen (secondary N) is 1. The average molecular weight is 205 g/mol. The summed E-state index contributed by atoms with van der Waals surface area (Å²) in [6, 6.07) is 6.98. The van der Waals surface area contributed by atoms with Gasteiger partial charge in [-0.25, -0.2) is 0 Å². The van der Waals surface area contributed by atoms with Crippen molar-refractivity contribution in [2.75, 3.05) is 11.9 Å². The molecule has 0 aromatic heterocycles. The van der Waals surface area contributed by atoms with E-state index < -0.39 is 0 Å². The molecule has 15 heavy (non-hydrogen) atoms. The van der Waals surface area contributed by atoms with Gasteiger partial charge >= 0.3 is 0 Å². The smallest absolute Gasteiger partial charge is 0.0748 e. The SMILES string of the molecule is Cc1ccc(C)c(N[C@H]2CCO[C@H]2C)c1. The second-order valence-corrected chi connectivity index (χ2v) is 4.43. The van der Waals surface area contributed by atoms with Crippen LogP contribution >= 0.6 is 0 Å². The van der Waals surface area contributed by atoms with E-state index in [9.17, 15) is 0 Å². The number of hydrogen-bond acceptors (Lipinski definition) is 2. The van der Waals surface area contributed by atoms with Crippen molar-refractivity contribution >= 4 is 5.69 Å². The number of benzene rings is 1. The Morgan fingerprint density at radius 3 is 2.80 bits per heavy atom. The van der Waals surface area contributed by atoms with Crippen LogP contribution in [0, 0.1) is 13.8 Å². The third kappa shape index (κ3) is 2.32. The van der Waals surface area contributed by atoms with E-state index in [1.807, 2.05) is 0 Å². The Kier molecular flexibility index (Phi) is 2.96. The molecule has 2 rings (SSSR count). The van der Waals surface area contributed by atoms with Gasteiger partial charge in [-0.1, -0.05) is 12.1 Å². The quantitative estimate of drug-likeness (QED) is 0.801. The lowest BCUT2D eigenvalue weighted by atomic mass is 10.1. The molecule has 1 saturated heterocycles. The molecule has 1 N–H and O–H groups in total. The standard InChI is InChI=1S/C13H19NO/c1-9-4-5-10(2)13(8-9)14-12-6-7-15-11(12)3/h4-5,8,11-12,14H,6-7H2,1-3H3/t11-,12-/m0/s1. The van der Waals surface area contributed by atoms with Crippen LogP contribution in [-0.4, -0.2) is 18.8 Å². The van der Waals surface area contributed by atoms with Crippen molar-refractivity contribution in [3.05, 3.63) is 29.3 Å². The molecule has 82 valence electrons.